The predicted octanol–water partition coefficient (Wildman–Crippen LogP) is 4.46. The van der Waals surface area contributed by atoms with E-state index in [1.54, 1.807) is 16.3 Å². The quantitative estimate of drug-likeness (QED) is 0.390. The summed E-state index contributed by atoms with van der Waals surface area (Å²) in [6.45, 7) is 4.94. The van der Waals surface area contributed by atoms with E-state index in [0.29, 0.717) is 35.0 Å². The van der Waals surface area contributed by atoms with Crippen molar-refractivity contribution < 1.29 is 9.53 Å². The summed E-state index contributed by atoms with van der Waals surface area (Å²) in [7, 11) is 0. The lowest BCUT2D eigenvalue weighted by Crippen LogP contribution is -2.26. The van der Waals surface area contributed by atoms with Gasteiger partial charge in [-0.15, -0.1) is 11.8 Å². The first-order chi connectivity index (χ1) is 15.5. The fraction of sp³-hybridized carbons (Fsp3) is 0.292. The number of fused-ring (bicyclic) bond motifs is 1. The average molecular weight is 468 g/mol. The molecule has 0 saturated carbocycles. The maximum atomic E-state index is 13.3. The Bertz CT molecular complexity index is 1160. The normalized spacial score (nSPS) is 14.8. The highest BCUT2D eigenvalue weighted by Crippen LogP contribution is 2.34. The number of benzene rings is 2. The predicted molar refractivity (Wildman–Crippen MR) is 130 cm³/mol. The van der Waals surface area contributed by atoms with Crippen molar-refractivity contribution in [3.05, 3.63) is 76.2 Å². The summed E-state index contributed by atoms with van der Waals surface area (Å²) in [5.41, 5.74) is 2.46. The number of thioether (sulfide) groups is 2. The third kappa shape index (κ3) is 5.19. The molecule has 0 saturated heterocycles. The van der Waals surface area contributed by atoms with Crippen LogP contribution in [-0.2, 0) is 17.8 Å². The summed E-state index contributed by atoms with van der Waals surface area (Å²) in [4.78, 5) is 31.4. The Morgan fingerprint density at radius 2 is 1.97 bits per heavy atom. The molecule has 0 radical (unpaired) electrons. The van der Waals surface area contributed by atoms with E-state index in [-0.39, 0.29) is 17.2 Å². The smallest absolute Gasteiger partial charge is 0.268 e. The van der Waals surface area contributed by atoms with Crippen LogP contribution >= 0.6 is 23.5 Å². The van der Waals surface area contributed by atoms with Gasteiger partial charge in [0.15, 0.2) is 5.16 Å². The molecule has 0 bridgehead atoms. The summed E-state index contributed by atoms with van der Waals surface area (Å²) in [6, 6.07) is 17.2. The van der Waals surface area contributed by atoms with Gasteiger partial charge in [-0.05, 0) is 24.6 Å². The van der Waals surface area contributed by atoms with Gasteiger partial charge in [0.05, 0.1) is 35.2 Å². The summed E-state index contributed by atoms with van der Waals surface area (Å²) in [5, 5.41) is 3.80. The van der Waals surface area contributed by atoms with Gasteiger partial charge < -0.3 is 10.1 Å². The van der Waals surface area contributed by atoms with Gasteiger partial charge in [0.25, 0.3) is 5.56 Å². The molecule has 6 nitrogen and oxygen atoms in total. The van der Waals surface area contributed by atoms with Crippen molar-refractivity contribution in [1.29, 1.82) is 0 Å². The van der Waals surface area contributed by atoms with Crippen LogP contribution in [0.3, 0.4) is 0 Å². The van der Waals surface area contributed by atoms with Crippen LogP contribution in [0.15, 0.2) is 69.4 Å². The second kappa shape index (κ2) is 10.3. The highest BCUT2D eigenvalue weighted by molar-refractivity contribution is 8.00. The molecule has 1 aliphatic heterocycles. The minimum Gasteiger partial charge on any atom is -0.492 e. The van der Waals surface area contributed by atoms with Crippen LogP contribution in [0.4, 0.5) is 5.69 Å². The lowest BCUT2D eigenvalue weighted by Gasteiger charge is -2.14. The third-order valence-electron chi connectivity index (χ3n) is 4.94. The molecule has 32 heavy (non-hydrogen) atoms. The van der Waals surface area contributed by atoms with E-state index in [0.717, 1.165) is 22.6 Å². The number of nitrogens with one attached hydrogen (secondary N) is 1. The zero-order valence-corrected chi connectivity index (χ0v) is 19.7. The second-order valence-corrected chi connectivity index (χ2v) is 9.84. The Morgan fingerprint density at radius 3 is 2.75 bits per heavy atom. The molecule has 1 N–H and O–H groups in total. The van der Waals surface area contributed by atoms with Gasteiger partial charge in [0.1, 0.15) is 5.75 Å². The Balaban J connectivity index is 1.55. The summed E-state index contributed by atoms with van der Waals surface area (Å²) in [5.74, 6) is 0.602. The molecule has 1 aromatic heterocycles. The van der Waals surface area contributed by atoms with Gasteiger partial charge in [-0.3, -0.25) is 14.2 Å². The monoisotopic (exact) mass is 467 g/mol. The molecule has 2 aromatic carbocycles. The number of nitrogens with zero attached hydrogens (tertiary/aromatic N) is 2. The van der Waals surface area contributed by atoms with E-state index in [4.69, 9.17) is 9.72 Å². The number of rotatable bonds is 8. The second-order valence-electron chi connectivity index (χ2n) is 7.45. The topological polar surface area (TPSA) is 73.2 Å². The van der Waals surface area contributed by atoms with Crippen LogP contribution in [0.1, 0.15) is 25.1 Å². The number of hydrogen-bond donors (Lipinski definition) is 1. The molecular formula is C24H25N3O3S2. The van der Waals surface area contributed by atoms with Gasteiger partial charge in [-0.25, -0.2) is 4.98 Å². The lowest BCUT2D eigenvalue weighted by molar-refractivity contribution is -0.113. The first-order valence-electron chi connectivity index (χ1n) is 10.5. The van der Waals surface area contributed by atoms with Crippen LogP contribution in [0, 0.1) is 0 Å². The van der Waals surface area contributed by atoms with Crippen molar-refractivity contribution in [3.63, 3.8) is 0 Å². The number of carbonyl (C=O) groups excluding carboxylic acids is 1. The van der Waals surface area contributed by atoms with Gasteiger partial charge in [0.2, 0.25) is 5.91 Å². The lowest BCUT2D eigenvalue weighted by atomic mass is 10.2. The molecule has 166 valence electrons. The number of hydrogen-bond acceptors (Lipinski definition) is 6. The van der Waals surface area contributed by atoms with Crippen molar-refractivity contribution in [2.24, 2.45) is 0 Å². The van der Waals surface area contributed by atoms with Crippen molar-refractivity contribution in [1.82, 2.24) is 9.55 Å². The summed E-state index contributed by atoms with van der Waals surface area (Å²) < 4.78 is 7.27. The molecule has 8 heteroatoms. The van der Waals surface area contributed by atoms with Crippen LogP contribution in [0.2, 0.25) is 0 Å². The fourth-order valence-electron chi connectivity index (χ4n) is 3.51. The zero-order valence-electron chi connectivity index (χ0n) is 18.0. The first kappa shape index (κ1) is 22.5. The molecule has 1 aliphatic rings. The van der Waals surface area contributed by atoms with E-state index in [2.05, 4.69) is 12.2 Å². The minimum absolute atomic E-state index is 0.0298. The standard InChI is InChI=1S/C24H25N3O3S2/c1-3-30-20-12-8-7-11-18(20)25-21(28)15-31-24-26-19-13-16(2)32-22(19)23(29)27(24)14-17-9-5-4-6-10-17/h4-12,16H,3,13-15H2,1-2H3,(H,25,28)/t16-/m0/s1. The van der Waals surface area contributed by atoms with Crippen molar-refractivity contribution in [2.45, 2.75) is 42.1 Å². The molecule has 0 spiro atoms. The highest BCUT2D eigenvalue weighted by Gasteiger charge is 2.26. The van der Waals surface area contributed by atoms with Crippen LogP contribution in [0.25, 0.3) is 0 Å². The number of aromatic nitrogens is 2. The summed E-state index contributed by atoms with van der Waals surface area (Å²) in [6.07, 6.45) is 0.767. The van der Waals surface area contributed by atoms with Crippen LogP contribution in [0.5, 0.6) is 5.75 Å². The molecule has 1 amide bonds. The Labute approximate surface area is 195 Å². The van der Waals surface area contributed by atoms with Crippen molar-refractivity contribution >= 4 is 35.1 Å². The van der Waals surface area contributed by atoms with E-state index in [1.807, 2.05) is 61.5 Å². The molecule has 0 fully saturated rings. The number of ether oxygens (including phenoxy) is 1. The molecule has 4 rings (SSSR count). The molecule has 0 aliphatic carbocycles. The minimum atomic E-state index is -0.175. The molecule has 1 atom stereocenters. The van der Waals surface area contributed by atoms with E-state index in [9.17, 15) is 9.59 Å². The maximum absolute atomic E-state index is 13.3. The number of carbonyl (C=O) groups is 1. The number of anilines is 1. The zero-order chi connectivity index (χ0) is 22.5. The number of amides is 1. The maximum Gasteiger partial charge on any atom is 0.268 e. The largest absolute Gasteiger partial charge is 0.492 e. The van der Waals surface area contributed by atoms with Gasteiger partial charge in [-0.1, -0.05) is 61.2 Å². The van der Waals surface area contributed by atoms with E-state index in [1.165, 1.54) is 11.8 Å². The van der Waals surface area contributed by atoms with E-state index >= 15 is 0 Å². The fourth-order valence-corrected chi connectivity index (χ4v) is 5.44. The van der Waals surface area contributed by atoms with E-state index < -0.39 is 0 Å². The third-order valence-corrected chi connectivity index (χ3v) is 7.13. The number of para-hydroxylation sites is 2. The van der Waals surface area contributed by atoms with Crippen molar-refractivity contribution in [3.8, 4) is 5.75 Å². The Hall–Kier alpha value is -2.71. The molecule has 0 unspecified atom stereocenters. The van der Waals surface area contributed by atoms with Crippen molar-refractivity contribution in [2.75, 3.05) is 17.7 Å². The van der Waals surface area contributed by atoms with Gasteiger partial charge >= 0.3 is 0 Å². The first-order valence-corrected chi connectivity index (χ1v) is 12.4. The van der Waals surface area contributed by atoms with Crippen LogP contribution in [-0.4, -0.2) is 33.1 Å². The highest BCUT2D eigenvalue weighted by atomic mass is 32.2. The summed E-state index contributed by atoms with van der Waals surface area (Å²) >= 11 is 2.87. The SMILES string of the molecule is CCOc1ccccc1NC(=O)CSc1nc2c(c(=O)n1Cc1ccccc1)S[C@@H](C)C2. The molecule has 2 heterocycles. The average Bonchev–Trinajstić information content (AvgIpc) is 3.17. The molecular weight excluding hydrogens is 442 g/mol. The van der Waals surface area contributed by atoms with Gasteiger partial charge in [0, 0.05) is 11.7 Å². The Morgan fingerprint density at radius 1 is 1.22 bits per heavy atom. The van der Waals surface area contributed by atoms with Gasteiger partial charge in [-0.2, -0.15) is 0 Å². The Kier molecular flexibility index (Phi) is 7.22. The van der Waals surface area contributed by atoms with Crippen LogP contribution < -0.4 is 15.6 Å². The molecule has 3 aromatic rings.